The van der Waals surface area contributed by atoms with E-state index in [2.05, 4.69) is 10.3 Å². The molecule has 6 nitrogen and oxygen atoms in total. The van der Waals surface area contributed by atoms with Crippen molar-refractivity contribution in [3.63, 3.8) is 0 Å². The third kappa shape index (κ3) is 4.09. The smallest absolute Gasteiger partial charge is 0.254 e. The predicted molar refractivity (Wildman–Crippen MR) is 102 cm³/mol. The maximum absolute atomic E-state index is 12.4. The number of amides is 1. The van der Waals surface area contributed by atoms with Crippen molar-refractivity contribution in [2.75, 3.05) is 12.9 Å². The van der Waals surface area contributed by atoms with Crippen LogP contribution in [0.4, 0.5) is 0 Å². The van der Waals surface area contributed by atoms with Crippen molar-refractivity contribution in [2.24, 2.45) is 0 Å². The fourth-order valence-corrected chi connectivity index (χ4v) is 4.04. The van der Waals surface area contributed by atoms with Crippen molar-refractivity contribution < 1.29 is 9.53 Å². The topological polar surface area (TPSA) is 73.2 Å². The van der Waals surface area contributed by atoms with Crippen LogP contribution in [0.1, 0.15) is 43.5 Å². The number of carbonyl (C=O) groups excluding carboxylic acids is 1. The molecule has 0 aliphatic carbocycles. The second kappa shape index (κ2) is 7.95. The molecule has 0 bridgehead atoms. The van der Waals surface area contributed by atoms with Crippen LogP contribution in [0.5, 0.6) is 5.75 Å². The van der Waals surface area contributed by atoms with Gasteiger partial charge in [0.2, 0.25) is 5.91 Å². The number of ether oxygens (including phenoxy) is 1. The minimum Gasteiger partial charge on any atom is -0.497 e. The standard InChI is InChI=1S/C19H23N3O3S/c1-12(2)16-9-18(24)22-14(11-26-19(22)21-16)8-17(23)20-10-13-5-4-6-15(7-13)25-3/h4-7,9,12,14H,8,10-11H2,1-3H3,(H,20,23)/t14-/m0/s1. The van der Waals surface area contributed by atoms with E-state index in [1.807, 2.05) is 38.1 Å². The average Bonchev–Trinajstić information content (AvgIpc) is 3.03. The van der Waals surface area contributed by atoms with Gasteiger partial charge in [-0.15, -0.1) is 0 Å². The van der Waals surface area contributed by atoms with Crippen LogP contribution in [-0.4, -0.2) is 28.3 Å². The van der Waals surface area contributed by atoms with E-state index in [1.54, 1.807) is 17.7 Å². The Bertz CT molecular complexity index is 863. The largest absolute Gasteiger partial charge is 0.497 e. The van der Waals surface area contributed by atoms with E-state index in [9.17, 15) is 9.59 Å². The van der Waals surface area contributed by atoms with Gasteiger partial charge in [-0.25, -0.2) is 4.98 Å². The number of methoxy groups -OCH3 is 1. The molecule has 1 atom stereocenters. The first-order valence-corrected chi connectivity index (χ1v) is 9.62. The predicted octanol–water partition coefficient (Wildman–Crippen LogP) is 2.73. The van der Waals surface area contributed by atoms with Crippen LogP contribution in [0.25, 0.3) is 0 Å². The van der Waals surface area contributed by atoms with Gasteiger partial charge in [0.15, 0.2) is 5.16 Å². The molecule has 2 aromatic rings. The second-order valence-electron chi connectivity index (χ2n) is 6.62. The summed E-state index contributed by atoms with van der Waals surface area (Å²) in [5.41, 5.74) is 1.70. The minimum absolute atomic E-state index is 0.0747. The third-order valence-corrected chi connectivity index (χ3v) is 5.44. The number of thioether (sulfide) groups is 1. The first-order valence-electron chi connectivity index (χ1n) is 8.64. The molecule has 0 unspecified atom stereocenters. The lowest BCUT2D eigenvalue weighted by Gasteiger charge is -2.14. The summed E-state index contributed by atoms with van der Waals surface area (Å²) in [5.74, 6) is 1.58. The highest BCUT2D eigenvalue weighted by Gasteiger charge is 2.27. The van der Waals surface area contributed by atoms with Crippen molar-refractivity contribution >= 4 is 17.7 Å². The first-order chi connectivity index (χ1) is 12.5. The molecule has 2 heterocycles. The highest BCUT2D eigenvalue weighted by molar-refractivity contribution is 7.99. The fourth-order valence-electron chi connectivity index (χ4n) is 2.89. The number of fused-ring (bicyclic) bond motifs is 1. The number of benzene rings is 1. The van der Waals surface area contributed by atoms with Gasteiger partial charge in [0.05, 0.1) is 18.8 Å². The van der Waals surface area contributed by atoms with Gasteiger partial charge in [0.1, 0.15) is 5.75 Å². The van der Waals surface area contributed by atoms with Gasteiger partial charge in [-0.1, -0.05) is 37.7 Å². The highest BCUT2D eigenvalue weighted by Crippen LogP contribution is 2.32. The van der Waals surface area contributed by atoms with Crippen molar-refractivity contribution in [2.45, 2.75) is 43.9 Å². The van der Waals surface area contributed by atoms with Crippen molar-refractivity contribution in [1.29, 1.82) is 0 Å². The van der Waals surface area contributed by atoms with E-state index >= 15 is 0 Å². The Hall–Kier alpha value is -2.28. The molecule has 0 fully saturated rings. The molecule has 1 aliphatic rings. The molecule has 1 aromatic heterocycles. The lowest BCUT2D eigenvalue weighted by molar-refractivity contribution is -0.121. The average molecular weight is 373 g/mol. The van der Waals surface area contributed by atoms with E-state index in [4.69, 9.17) is 4.74 Å². The van der Waals surface area contributed by atoms with E-state index in [-0.39, 0.29) is 29.8 Å². The molecular formula is C19H23N3O3S. The Balaban J connectivity index is 1.64. The number of aromatic nitrogens is 2. The van der Waals surface area contributed by atoms with Crippen LogP contribution in [0.2, 0.25) is 0 Å². The minimum atomic E-state index is -0.151. The molecule has 7 heteroatoms. The summed E-state index contributed by atoms with van der Waals surface area (Å²) in [6, 6.07) is 9.02. The van der Waals surface area contributed by atoms with Gasteiger partial charge in [-0.05, 0) is 23.6 Å². The molecule has 1 aliphatic heterocycles. The molecule has 0 saturated carbocycles. The highest BCUT2D eigenvalue weighted by atomic mass is 32.2. The Kier molecular flexibility index (Phi) is 5.66. The third-order valence-electron chi connectivity index (χ3n) is 4.35. The van der Waals surface area contributed by atoms with Gasteiger partial charge in [0, 0.05) is 24.8 Å². The molecule has 26 heavy (non-hydrogen) atoms. The van der Waals surface area contributed by atoms with Gasteiger partial charge in [-0.2, -0.15) is 0 Å². The number of hydrogen-bond donors (Lipinski definition) is 1. The van der Waals surface area contributed by atoms with Crippen molar-refractivity contribution in [1.82, 2.24) is 14.9 Å². The van der Waals surface area contributed by atoms with Gasteiger partial charge >= 0.3 is 0 Å². The van der Waals surface area contributed by atoms with Crippen LogP contribution >= 0.6 is 11.8 Å². The van der Waals surface area contributed by atoms with Crippen LogP contribution in [0, 0.1) is 0 Å². The Morgan fingerprint density at radius 2 is 2.23 bits per heavy atom. The zero-order chi connectivity index (χ0) is 18.7. The van der Waals surface area contributed by atoms with Crippen LogP contribution in [-0.2, 0) is 11.3 Å². The SMILES string of the molecule is COc1cccc(CNC(=O)C[C@H]2CSc3nc(C(C)C)cc(=O)n32)c1. The van der Waals surface area contributed by atoms with E-state index < -0.39 is 0 Å². The lowest BCUT2D eigenvalue weighted by atomic mass is 10.1. The second-order valence-corrected chi connectivity index (χ2v) is 7.61. The number of rotatable bonds is 6. The number of carbonyl (C=O) groups is 1. The summed E-state index contributed by atoms with van der Waals surface area (Å²) < 4.78 is 6.84. The molecule has 138 valence electrons. The van der Waals surface area contributed by atoms with Crippen LogP contribution < -0.4 is 15.6 Å². The molecular weight excluding hydrogens is 350 g/mol. The molecule has 0 radical (unpaired) electrons. The summed E-state index contributed by atoms with van der Waals surface area (Å²) in [7, 11) is 1.61. The molecule has 0 spiro atoms. The van der Waals surface area contributed by atoms with E-state index in [0.717, 1.165) is 17.0 Å². The van der Waals surface area contributed by atoms with Crippen molar-refractivity contribution in [3.05, 3.63) is 51.9 Å². The number of nitrogens with zero attached hydrogens (tertiary/aromatic N) is 2. The summed E-state index contributed by atoms with van der Waals surface area (Å²) in [5, 5.41) is 3.63. The van der Waals surface area contributed by atoms with Gasteiger partial charge in [0.25, 0.3) is 5.56 Å². The summed E-state index contributed by atoms with van der Waals surface area (Å²) in [6.45, 7) is 4.46. The zero-order valence-corrected chi connectivity index (χ0v) is 16.0. The van der Waals surface area contributed by atoms with Gasteiger partial charge < -0.3 is 10.1 Å². The van der Waals surface area contributed by atoms with Gasteiger partial charge in [-0.3, -0.25) is 14.2 Å². The van der Waals surface area contributed by atoms with Crippen molar-refractivity contribution in [3.8, 4) is 5.75 Å². The van der Waals surface area contributed by atoms with E-state index in [0.29, 0.717) is 17.5 Å². The fraction of sp³-hybridized carbons (Fsp3) is 0.421. The molecule has 1 N–H and O–H groups in total. The molecule has 1 amide bonds. The number of nitrogens with one attached hydrogen (secondary N) is 1. The molecule has 1 aromatic carbocycles. The summed E-state index contributed by atoms with van der Waals surface area (Å²) in [4.78, 5) is 29.3. The normalized spacial score (nSPS) is 15.8. The molecule has 3 rings (SSSR count). The zero-order valence-electron chi connectivity index (χ0n) is 15.2. The Morgan fingerprint density at radius 1 is 1.42 bits per heavy atom. The number of hydrogen-bond acceptors (Lipinski definition) is 5. The summed E-state index contributed by atoms with van der Waals surface area (Å²) in [6.07, 6.45) is 0.270. The summed E-state index contributed by atoms with van der Waals surface area (Å²) >= 11 is 1.54. The molecule has 0 saturated heterocycles. The quantitative estimate of drug-likeness (QED) is 0.788. The van der Waals surface area contributed by atoms with E-state index in [1.165, 1.54) is 11.8 Å². The lowest BCUT2D eigenvalue weighted by Crippen LogP contribution is -2.30. The van der Waals surface area contributed by atoms with Crippen LogP contribution in [0.3, 0.4) is 0 Å². The van der Waals surface area contributed by atoms with Crippen LogP contribution in [0.15, 0.2) is 40.3 Å². The Morgan fingerprint density at radius 3 is 2.96 bits per heavy atom. The maximum Gasteiger partial charge on any atom is 0.254 e. The maximum atomic E-state index is 12.4. The Labute approximate surface area is 157 Å². The first kappa shape index (κ1) is 18.5. The monoisotopic (exact) mass is 373 g/mol.